The molecular formula is C8H13O5. The lowest BCUT2D eigenvalue weighted by Crippen LogP contribution is -2.10. The Balaban J connectivity index is 3.15. The van der Waals surface area contributed by atoms with Crippen LogP contribution in [0.3, 0.4) is 0 Å². The van der Waals surface area contributed by atoms with Gasteiger partial charge < -0.3 is 14.2 Å². The van der Waals surface area contributed by atoms with Crippen molar-refractivity contribution in [2.75, 3.05) is 13.4 Å². The van der Waals surface area contributed by atoms with E-state index in [9.17, 15) is 9.59 Å². The average molecular weight is 189 g/mol. The summed E-state index contributed by atoms with van der Waals surface area (Å²) in [5, 5.41) is 0. The second kappa shape index (κ2) is 8.83. The van der Waals surface area contributed by atoms with E-state index in [4.69, 9.17) is 0 Å². The standard InChI is InChI=1S/C8H13O5/c1-2-3-4-5-12-8(10)13-7-11-6-9/h2-5,7H2,1H3. The summed E-state index contributed by atoms with van der Waals surface area (Å²) in [7, 11) is 0. The first kappa shape index (κ1) is 11.7. The van der Waals surface area contributed by atoms with Crippen molar-refractivity contribution in [1.29, 1.82) is 0 Å². The Hall–Kier alpha value is -1.26. The summed E-state index contributed by atoms with van der Waals surface area (Å²) in [5.41, 5.74) is 0. The molecule has 5 heteroatoms. The number of hydrogen-bond donors (Lipinski definition) is 0. The highest BCUT2D eigenvalue weighted by atomic mass is 16.8. The van der Waals surface area contributed by atoms with Gasteiger partial charge in [0.05, 0.1) is 6.61 Å². The van der Waals surface area contributed by atoms with E-state index in [0.717, 1.165) is 25.7 Å². The zero-order chi connectivity index (χ0) is 9.94. The fourth-order valence-electron chi connectivity index (χ4n) is 0.651. The minimum Gasteiger partial charge on any atom is -0.434 e. The largest absolute Gasteiger partial charge is 0.511 e. The first-order valence-electron chi connectivity index (χ1n) is 4.09. The number of unbranched alkanes of at least 4 members (excludes halogenated alkanes) is 2. The van der Waals surface area contributed by atoms with E-state index >= 15 is 0 Å². The van der Waals surface area contributed by atoms with Gasteiger partial charge in [-0.3, -0.25) is 0 Å². The van der Waals surface area contributed by atoms with Crippen molar-refractivity contribution in [2.24, 2.45) is 0 Å². The van der Waals surface area contributed by atoms with Gasteiger partial charge in [-0.05, 0) is 6.42 Å². The normalized spacial score (nSPS) is 9.00. The minimum atomic E-state index is -0.827. The van der Waals surface area contributed by atoms with Gasteiger partial charge in [-0.15, -0.1) is 0 Å². The molecule has 13 heavy (non-hydrogen) atoms. The van der Waals surface area contributed by atoms with Crippen LogP contribution in [0.25, 0.3) is 0 Å². The van der Waals surface area contributed by atoms with Crippen LogP contribution < -0.4 is 0 Å². The summed E-state index contributed by atoms with van der Waals surface area (Å²) in [6.07, 6.45) is 2.05. The molecule has 0 heterocycles. The lowest BCUT2D eigenvalue weighted by molar-refractivity contribution is -0.00142. The second-order valence-corrected chi connectivity index (χ2v) is 2.30. The highest BCUT2D eigenvalue weighted by Gasteiger charge is 2.02. The maximum atomic E-state index is 10.6. The third-order valence-corrected chi connectivity index (χ3v) is 1.26. The Kier molecular flexibility index (Phi) is 7.98. The van der Waals surface area contributed by atoms with E-state index in [0.29, 0.717) is 6.61 Å². The predicted molar refractivity (Wildman–Crippen MR) is 43.6 cm³/mol. The molecule has 0 aromatic heterocycles. The first-order chi connectivity index (χ1) is 6.31. The Morgan fingerprint density at radius 2 is 2.08 bits per heavy atom. The van der Waals surface area contributed by atoms with Crippen molar-refractivity contribution in [1.82, 2.24) is 0 Å². The van der Waals surface area contributed by atoms with Crippen molar-refractivity contribution >= 4 is 12.6 Å². The summed E-state index contributed by atoms with van der Waals surface area (Å²) in [6, 6.07) is 0. The summed E-state index contributed by atoms with van der Waals surface area (Å²) in [5.74, 6) is 0. The van der Waals surface area contributed by atoms with Gasteiger partial charge in [0.15, 0.2) is 0 Å². The van der Waals surface area contributed by atoms with Gasteiger partial charge in [0.2, 0.25) is 6.79 Å². The Morgan fingerprint density at radius 1 is 1.31 bits per heavy atom. The molecule has 0 aliphatic rings. The molecule has 0 bridgehead atoms. The zero-order valence-electron chi connectivity index (χ0n) is 7.58. The number of carbonyl (C=O) groups is 1. The van der Waals surface area contributed by atoms with Crippen molar-refractivity contribution in [3.05, 3.63) is 0 Å². The Labute approximate surface area is 77.0 Å². The van der Waals surface area contributed by atoms with E-state index in [2.05, 4.69) is 14.2 Å². The number of carbonyl (C=O) groups excluding carboxylic acids is 2. The average Bonchev–Trinajstić information content (AvgIpc) is 2.13. The molecular weight excluding hydrogens is 176 g/mol. The van der Waals surface area contributed by atoms with Crippen LogP contribution in [0, 0.1) is 0 Å². The van der Waals surface area contributed by atoms with Crippen LogP contribution in [0.4, 0.5) is 4.79 Å². The molecule has 0 saturated heterocycles. The molecule has 0 rings (SSSR count). The third kappa shape index (κ3) is 8.65. The summed E-state index contributed by atoms with van der Waals surface area (Å²) in [6.45, 7) is 3.05. The SMILES string of the molecule is CCCCCOC(=O)OCO[C]=O. The van der Waals surface area contributed by atoms with Crippen molar-refractivity contribution in [2.45, 2.75) is 26.2 Å². The summed E-state index contributed by atoms with van der Waals surface area (Å²) in [4.78, 5) is 20.1. The van der Waals surface area contributed by atoms with E-state index < -0.39 is 12.9 Å². The number of rotatable bonds is 7. The molecule has 75 valence electrons. The van der Waals surface area contributed by atoms with Gasteiger partial charge in [-0.1, -0.05) is 19.8 Å². The molecule has 0 aromatic carbocycles. The number of ether oxygens (including phenoxy) is 3. The third-order valence-electron chi connectivity index (χ3n) is 1.26. The topological polar surface area (TPSA) is 61.8 Å². The van der Waals surface area contributed by atoms with Crippen LogP contribution >= 0.6 is 0 Å². The van der Waals surface area contributed by atoms with Crippen LogP contribution in [-0.4, -0.2) is 26.0 Å². The predicted octanol–water partition coefficient (Wildman–Crippen LogP) is 1.37. The van der Waals surface area contributed by atoms with Gasteiger partial charge in [0.1, 0.15) is 0 Å². The fraction of sp³-hybridized carbons (Fsp3) is 0.750. The van der Waals surface area contributed by atoms with Crippen LogP contribution in [0.1, 0.15) is 26.2 Å². The monoisotopic (exact) mass is 189 g/mol. The van der Waals surface area contributed by atoms with Gasteiger partial charge in [0.25, 0.3) is 0 Å². The molecule has 0 saturated carbocycles. The van der Waals surface area contributed by atoms with Gasteiger partial charge in [0, 0.05) is 0 Å². The van der Waals surface area contributed by atoms with Gasteiger partial charge in [-0.25, -0.2) is 9.59 Å². The van der Waals surface area contributed by atoms with Gasteiger partial charge >= 0.3 is 12.6 Å². The maximum absolute atomic E-state index is 10.6. The molecule has 0 atom stereocenters. The molecule has 0 aromatic rings. The molecule has 0 amide bonds. The second-order valence-electron chi connectivity index (χ2n) is 2.30. The molecule has 5 nitrogen and oxygen atoms in total. The molecule has 0 aliphatic carbocycles. The molecule has 0 aliphatic heterocycles. The van der Waals surface area contributed by atoms with E-state index in [1.807, 2.05) is 6.92 Å². The Morgan fingerprint density at radius 3 is 2.69 bits per heavy atom. The zero-order valence-corrected chi connectivity index (χ0v) is 7.58. The summed E-state index contributed by atoms with van der Waals surface area (Å²) < 4.78 is 12.9. The Bertz CT molecular complexity index is 145. The maximum Gasteiger partial charge on any atom is 0.511 e. The molecule has 0 unspecified atom stereocenters. The van der Waals surface area contributed by atoms with Crippen LogP contribution in [0.5, 0.6) is 0 Å². The molecule has 0 fully saturated rings. The molecule has 0 spiro atoms. The first-order valence-corrected chi connectivity index (χ1v) is 4.09. The quantitative estimate of drug-likeness (QED) is 0.344. The highest BCUT2D eigenvalue weighted by Crippen LogP contribution is 1.95. The van der Waals surface area contributed by atoms with Crippen molar-refractivity contribution < 1.29 is 23.8 Å². The van der Waals surface area contributed by atoms with E-state index in [1.54, 1.807) is 0 Å². The van der Waals surface area contributed by atoms with E-state index in [1.165, 1.54) is 0 Å². The summed E-state index contributed by atoms with van der Waals surface area (Å²) >= 11 is 0. The van der Waals surface area contributed by atoms with Crippen LogP contribution in [-0.2, 0) is 19.0 Å². The van der Waals surface area contributed by atoms with Crippen LogP contribution in [0.15, 0.2) is 0 Å². The van der Waals surface area contributed by atoms with Gasteiger partial charge in [-0.2, -0.15) is 0 Å². The fourth-order valence-corrected chi connectivity index (χ4v) is 0.651. The lowest BCUT2D eigenvalue weighted by atomic mass is 10.3. The van der Waals surface area contributed by atoms with Crippen LogP contribution in [0.2, 0.25) is 0 Å². The van der Waals surface area contributed by atoms with Crippen molar-refractivity contribution in [3.8, 4) is 0 Å². The molecule has 1 radical (unpaired) electrons. The molecule has 0 N–H and O–H groups in total. The number of hydrogen-bond acceptors (Lipinski definition) is 5. The minimum absolute atomic E-state index is 0.331. The van der Waals surface area contributed by atoms with Crippen molar-refractivity contribution in [3.63, 3.8) is 0 Å². The lowest BCUT2D eigenvalue weighted by Gasteiger charge is -2.03. The smallest absolute Gasteiger partial charge is 0.434 e. The van der Waals surface area contributed by atoms with E-state index in [-0.39, 0.29) is 0 Å². The highest BCUT2D eigenvalue weighted by molar-refractivity contribution is 5.59.